The fourth-order valence-corrected chi connectivity index (χ4v) is 3.52. The minimum absolute atomic E-state index is 0.173. The van der Waals surface area contributed by atoms with E-state index in [1.54, 1.807) is 11.3 Å². The van der Waals surface area contributed by atoms with Crippen LogP contribution in [0.25, 0.3) is 10.1 Å². The van der Waals surface area contributed by atoms with E-state index in [1.807, 2.05) is 12.1 Å². The minimum Gasteiger partial charge on any atom is -0.469 e. The van der Waals surface area contributed by atoms with Crippen LogP contribution in [0.2, 0.25) is 0 Å². The van der Waals surface area contributed by atoms with Crippen molar-refractivity contribution in [1.82, 2.24) is 0 Å². The molecule has 1 aromatic carbocycles. The summed E-state index contributed by atoms with van der Waals surface area (Å²) < 4.78 is 11.4. The highest BCUT2D eigenvalue weighted by molar-refractivity contribution is 7.17. The minimum atomic E-state index is -0.188. The third kappa shape index (κ3) is 1.72. The van der Waals surface area contributed by atoms with Crippen molar-refractivity contribution in [2.75, 3.05) is 20.3 Å². The van der Waals surface area contributed by atoms with Crippen LogP contribution in [0.4, 0.5) is 0 Å². The molecule has 1 aliphatic heterocycles. The van der Waals surface area contributed by atoms with E-state index in [0.717, 1.165) is 0 Å². The molecule has 1 saturated heterocycles. The van der Waals surface area contributed by atoms with Gasteiger partial charge >= 0.3 is 5.97 Å². The Kier molecular flexibility index (Phi) is 2.84. The molecule has 0 unspecified atom stereocenters. The topological polar surface area (TPSA) is 35.5 Å². The Bertz CT molecular complexity index is 583. The second-order valence-corrected chi connectivity index (χ2v) is 5.58. The molecule has 0 amide bonds. The van der Waals surface area contributed by atoms with E-state index in [2.05, 4.69) is 17.5 Å². The van der Waals surface area contributed by atoms with Crippen molar-refractivity contribution in [3.63, 3.8) is 0 Å². The van der Waals surface area contributed by atoms with E-state index in [0.29, 0.717) is 19.6 Å². The van der Waals surface area contributed by atoms with E-state index < -0.39 is 0 Å². The van der Waals surface area contributed by atoms with Crippen molar-refractivity contribution in [3.05, 3.63) is 35.2 Å². The van der Waals surface area contributed by atoms with Gasteiger partial charge in [0.25, 0.3) is 0 Å². The molecule has 2 aromatic rings. The first-order valence-electron chi connectivity index (χ1n) is 5.86. The summed E-state index contributed by atoms with van der Waals surface area (Å²) in [5, 5.41) is 3.38. The van der Waals surface area contributed by atoms with Gasteiger partial charge in [-0.1, -0.05) is 18.2 Å². The SMILES string of the molecule is COC(=O)CC1(c2csc3ccccc23)COC1. The average molecular weight is 262 g/mol. The van der Waals surface area contributed by atoms with Gasteiger partial charge in [-0.2, -0.15) is 0 Å². The molecule has 1 aromatic heterocycles. The number of thiophene rings is 1. The molecule has 0 bridgehead atoms. The molecule has 0 radical (unpaired) electrons. The number of hydrogen-bond acceptors (Lipinski definition) is 4. The molecular formula is C14H14O3S. The Balaban J connectivity index is 2.03. The van der Waals surface area contributed by atoms with E-state index in [9.17, 15) is 4.79 Å². The zero-order chi connectivity index (χ0) is 12.6. The molecule has 0 aliphatic carbocycles. The summed E-state index contributed by atoms with van der Waals surface area (Å²) in [4.78, 5) is 11.6. The third-order valence-electron chi connectivity index (χ3n) is 3.52. The van der Waals surface area contributed by atoms with Gasteiger partial charge in [-0.25, -0.2) is 0 Å². The number of rotatable bonds is 3. The lowest BCUT2D eigenvalue weighted by Gasteiger charge is -2.40. The molecule has 4 heteroatoms. The number of fused-ring (bicyclic) bond motifs is 1. The lowest BCUT2D eigenvalue weighted by molar-refractivity contribution is -0.148. The van der Waals surface area contributed by atoms with E-state index in [4.69, 9.17) is 9.47 Å². The van der Waals surface area contributed by atoms with Crippen molar-refractivity contribution in [2.45, 2.75) is 11.8 Å². The number of carbonyl (C=O) groups is 1. The van der Waals surface area contributed by atoms with Gasteiger partial charge in [0.05, 0.1) is 32.2 Å². The predicted octanol–water partition coefficient (Wildman–Crippen LogP) is 2.73. The Labute approximate surface area is 109 Å². The van der Waals surface area contributed by atoms with Crippen LogP contribution in [0.1, 0.15) is 12.0 Å². The molecule has 18 heavy (non-hydrogen) atoms. The van der Waals surface area contributed by atoms with Crippen LogP contribution in [0.3, 0.4) is 0 Å². The van der Waals surface area contributed by atoms with Gasteiger partial charge in [-0.15, -0.1) is 11.3 Å². The van der Waals surface area contributed by atoms with Crippen LogP contribution < -0.4 is 0 Å². The highest BCUT2D eigenvalue weighted by Crippen LogP contribution is 2.42. The highest BCUT2D eigenvalue weighted by Gasteiger charge is 2.44. The Morgan fingerprint density at radius 1 is 1.44 bits per heavy atom. The Hall–Kier alpha value is -1.39. The van der Waals surface area contributed by atoms with E-state index in [1.165, 1.54) is 22.8 Å². The van der Waals surface area contributed by atoms with Gasteiger partial charge in [0.1, 0.15) is 0 Å². The first-order chi connectivity index (χ1) is 8.75. The van der Waals surface area contributed by atoms with Gasteiger partial charge in [-0.3, -0.25) is 4.79 Å². The molecule has 0 N–H and O–H groups in total. The van der Waals surface area contributed by atoms with Gasteiger partial charge in [0.2, 0.25) is 0 Å². The lowest BCUT2D eigenvalue weighted by atomic mass is 9.76. The Morgan fingerprint density at radius 2 is 2.22 bits per heavy atom. The van der Waals surface area contributed by atoms with Gasteiger partial charge in [0, 0.05) is 4.70 Å². The second-order valence-electron chi connectivity index (χ2n) is 4.67. The van der Waals surface area contributed by atoms with Crippen LogP contribution >= 0.6 is 11.3 Å². The number of esters is 1. The maximum Gasteiger partial charge on any atom is 0.306 e. The first-order valence-corrected chi connectivity index (χ1v) is 6.74. The summed E-state index contributed by atoms with van der Waals surface area (Å²) in [6, 6.07) is 8.28. The van der Waals surface area contributed by atoms with Crippen LogP contribution in [0.5, 0.6) is 0 Å². The van der Waals surface area contributed by atoms with Crippen LogP contribution in [-0.4, -0.2) is 26.3 Å². The maximum absolute atomic E-state index is 11.6. The molecular weight excluding hydrogens is 248 g/mol. The third-order valence-corrected chi connectivity index (χ3v) is 4.48. The summed E-state index contributed by atoms with van der Waals surface area (Å²) in [7, 11) is 1.43. The predicted molar refractivity (Wildman–Crippen MR) is 71.0 cm³/mol. The summed E-state index contributed by atoms with van der Waals surface area (Å²) >= 11 is 1.72. The summed E-state index contributed by atoms with van der Waals surface area (Å²) in [6.07, 6.45) is 0.393. The lowest BCUT2D eigenvalue weighted by Crippen LogP contribution is -2.48. The molecule has 1 aliphatic rings. The summed E-state index contributed by atoms with van der Waals surface area (Å²) in [6.45, 7) is 1.20. The first kappa shape index (κ1) is 11.7. The van der Waals surface area contributed by atoms with Crippen molar-refractivity contribution in [1.29, 1.82) is 0 Å². The smallest absolute Gasteiger partial charge is 0.306 e. The van der Waals surface area contributed by atoms with Gasteiger partial charge in [0.15, 0.2) is 0 Å². The van der Waals surface area contributed by atoms with Crippen molar-refractivity contribution < 1.29 is 14.3 Å². The zero-order valence-corrected chi connectivity index (χ0v) is 11.0. The quantitative estimate of drug-likeness (QED) is 0.798. The molecule has 1 fully saturated rings. The highest BCUT2D eigenvalue weighted by atomic mass is 32.1. The van der Waals surface area contributed by atoms with Crippen LogP contribution in [0.15, 0.2) is 29.6 Å². The molecule has 0 atom stereocenters. The molecule has 3 rings (SSSR count). The van der Waals surface area contributed by atoms with Crippen LogP contribution in [0, 0.1) is 0 Å². The second kappa shape index (κ2) is 4.37. The molecule has 2 heterocycles. The fourth-order valence-electron chi connectivity index (χ4n) is 2.44. The summed E-state index contributed by atoms with van der Waals surface area (Å²) in [5.74, 6) is -0.173. The standard InChI is InChI=1S/C14H14O3S/c1-16-13(15)6-14(8-17-9-14)11-7-18-12-5-3-2-4-10(11)12/h2-5,7H,6,8-9H2,1H3. The van der Waals surface area contributed by atoms with Crippen LogP contribution in [-0.2, 0) is 19.7 Å². The number of ether oxygens (including phenoxy) is 2. The normalized spacial score (nSPS) is 17.4. The molecule has 0 saturated carbocycles. The zero-order valence-electron chi connectivity index (χ0n) is 10.1. The number of hydrogen-bond donors (Lipinski definition) is 0. The van der Waals surface area contributed by atoms with Crippen molar-refractivity contribution in [3.8, 4) is 0 Å². The molecule has 0 spiro atoms. The number of methoxy groups -OCH3 is 1. The summed E-state index contributed by atoms with van der Waals surface area (Å²) in [5.41, 5.74) is 1.03. The largest absolute Gasteiger partial charge is 0.469 e. The average Bonchev–Trinajstić information content (AvgIpc) is 2.78. The van der Waals surface area contributed by atoms with E-state index >= 15 is 0 Å². The van der Waals surface area contributed by atoms with Gasteiger partial charge < -0.3 is 9.47 Å². The number of benzene rings is 1. The van der Waals surface area contributed by atoms with E-state index in [-0.39, 0.29) is 11.4 Å². The molecule has 3 nitrogen and oxygen atoms in total. The molecule has 94 valence electrons. The fraction of sp³-hybridized carbons (Fsp3) is 0.357. The maximum atomic E-state index is 11.6. The number of carbonyl (C=O) groups excluding carboxylic acids is 1. The van der Waals surface area contributed by atoms with Crippen molar-refractivity contribution in [2.24, 2.45) is 0 Å². The van der Waals surface area contributed by atoms with Gasteiger partial charge in [-0.05, 0) is 22.4 Å². The Morgan fingerprint density at radius 3 is 2.89 bits per heavy atom. The van der Waals surface area contributed by atoms with Crippen molar-refractivity contribution >= 4 is 27.4 Å². The monoisotopic (exact) mass is 262 g/mol.